The highest BCUT2D eigenvalue weighted by molar-refractivity contribution is 7.09. The average Bonchev–Trinajstić information content (AvgIpc) is 2.84. The first-order valence-electron chi connectivity index (χ1n) is 7.26. The third-order valence-corrected chi connectivity index (χ3v) is 5.57. The second-order valence-corrected chi connectivity index (χ2v) is 6.57. The van der Waals surface area contributed by atoms with Gasteiger partial charge in [-0.2, -0.15) is 0 Å². The lowest BCUT2D eigenvalue weighted by atomic mass is 9.51. The Morgan fingerprint density at radius 1 is 1.62 bits per heavy atom. The van der Waals surface area contributed by atoms with Crippen LogP contribution in [-0.2, 0) is 11.3 Å². The third-order valence-electron chi connectivity index (χ3n) is 4.70. The first-order valence-corrected chi connectivity index (χ1v) is 8.14. The van der Waals surface area contributed by atoms with E-state index in [2.05, 4.69) is 10.3 Å². The van der Waals surface area contributed by atoms with Crippen molar-refractivity contribution in [1.29, 1.82) is 0 Å². The number of nitrogens with zero attached hydrogens (tertiary/aromatic N) is 1. The minimum absolute atomic E-state index is 0. The maximum Gasteiger partial charge on any atom is 0.271 e. The standard InChI is InChI=1S/C14H21N3O2S.ClH/c1-2-19-11-6-10(14(11)4-3-5-14)17-13(18)9-8-20-12(7-15)16-9;/h8,10-11H,2-7,15H2,1H3,(H,17,18);1H. The molecule has 0 radical (unpaired) electrons. The molecule has 0 saturated heterocycles. The monoisotopic (exact) mass is 331 g/mol. The third kappa shape index (κ3) is 2.82. The Morgan fingerprint density at radius 2 is 2.38 bits per heavy atom. The van der Waals surface area contributed by atoms with Crippen molar-refractivity contribution in [2.45, 2.75) is 51.3 Å². The van der Waals surface area contributed by atoms with E-state index in [4.69, 9.17) is 10.5 Å². The molecule has 3 rings (SSSR count). The Balaban J connectivity index is 0.00000161. The Kier molecular flexibility index (Phi) is 5.24. The van der Waals surface area contributed by atoms with Gasteiger partial charge < -0.3 is 15.8 Å². The lowest BCUT2D eigenvalue weighted by molar-refractivity contribution is -0.169. The maximum absolute atomic E-state index is 12.2. The van der Waals surface area contributed by atoms with Gasteiger partial charge in [0.2, 0.25) is 0 Å². The fourth-order valence-electron chi connectivity index (χ4n) is 3.38. The van der Waals surface area contributed by atoms with E-state index in [-0.39, 0.29) is 29.8 Å². The van der Waals surface area contributed by atoms with Gasteiger partial charge in [-0.25, -0.2) is 4.98 Å². The van der Waals surface area contributed by atoms with E-state index >= 15 is 0 Å². The predicted octanol–water partition coefficient (Wildman–Crippen LogP) is 2.10. The summed E-state index contributed by atoms with van der Waals surface area (Å²) in [5.74, 6) is -0.0767. The fraction of sp³-hybridized carbons (Fsp3) is 0.714. The number of nitrogens with two attached hydrogens (primary N) is 1. The highest BCUT2D eigenvalue weighted by atomic mass is 35.5. The molecule has 2 unspecified atom stereocenters. The zero-order chi connectivity index (χ0) is 14.2. The van der Waals surface area contributed by atoms with Crippen LogP contribution >= 0.6 is 23.7 Å². The molecule has 0 aromatic carbocycles. The van der Waals surface area contributed by atoms with Gasteiger partial charge in [-0.05, 0) is 26.2 Å². The number of hydrogen-bond acceptors (Lipinski definition) is 5. The zero-order valence-electron chi connectivity index (χ0n) is 12.1. The van der Waals surface area contributed by atoms with Crippen LogP contribution in [0.3, 0.4) is 0 Å². The summed E-state index contributed by atoms with van der Waals surface area (Å²) in [6, 6.07) is 0.239. The Hall–Kier alpha value is -0.690. The van der Waals surface area contributed by atoms with Crippen molar-refractivity contribution in [3.05, 3.63) is 16.1 Å². The molecule has 2 fully saturated rings. The van der Waals surface area contributed by atoms with Crippen molar-refractivity contribution in [2.24, 2.45) is 11.1 Å². The number of ether oxygens (including phenoxy) is 1. The van der Waals surface area contributed by atoms with Crippen molar-refractivity contribution in [3.8, 4) is 0 Å². The summed E-state index contributed by atoms with van der Waals surface area (Å²) in [7, 11) is 0. The number of carbonyl (C=O) groups excluding carboxylic acids is 1. The summed E-state index contributed by atoms with van der Waals surface area (Å²) < 4.78 is 5.79. The van der Waals surface area contributed by atoms with E-state index in [0.717, 1.165) is 30.9 Å². The Bertz CT molecular complexity index is 504. The van der Waals surface area contributed by atoms with Crippen LogP contribution in [-0.4, -0.2) is 29.6 Å². The fourth-order valence-corrected chi connectivity index (χ4v) is 4.04. The lowest BCUT2D eigenvalue weighted by Crippen LogP contribution is -2.67. The summed E-state index contributed by atoms with van der Waals surface area (Å²) in [6.45, 7) is 3.17. The number of thiazole rings is 1. The Morgan fingerprint density at radius 3 is 2.90 bits per heavy atom. The largest absolute Gasteiger partial charge is 0.378 e. The van der Waals surface area contributed by atoms with Crippen molar-refractivity contribution >= 4 is 29.7 Å². The first-order chi connectivity index (χ1) is 9.69. The van der Waals surface area contributed by atoms with Gasteiger partial charge in [-0.15, -0.1) is 23.7 Å². The molecule has 1 amide bonds. The number of hydrogen-bond donors (Lipinski definition) is 2. The lowest BCUT2D eigenvalue weighted by Gasteiger charge is -2.60. The maximum atomic E-state index is 12.2. The summed E-state index contributed by atoms with van der Waals surface area (Å²) in [5.41, 5.74) is 6.21. The number of rotatable bonds is 5. The van der Waals surface area contributed by atoms with E-state index in [1.54, 1.807) is 5.38 Å². The van der Waals surface area contributed by atoms with Crippen LogP contribution in [0.2, 0.25) is 0 Å². The summed E-state index contributed by atoms with van der Waals surface area (Å²) >= 11 is 1.44. The quantitative estimate of drug-likeness (QED) is 0.866. The molecule has 0 bridgehead atoms. The van der Waals surface area contributed by atoms with Crippen LogP contribution in [0.15, 0.2) is 5.38 Å². The van der Waals surface area contributed by atoms with Gasteiger partial charge in [0, 0.05) is 30.0 Å². The van der Waals surface area contributed by atoms with Crippen molar-refractivity contribution in [2.75, 3.05) is 6.61 Å². The van der Waals surface area contributed by atoms with Gasteiger partial charge in [0.25, 0.3) is 5.91 Å². The smallest absolute Gasteiger partial charge is 0.271 e. The molecule has 1 heterocycles. The van der Waals surface area contributed by atoms with Gasteiger partial charge >= 0.3 is 0 Å². The molecule has 5 nitrogen and oxygen atoms in total. The second kappa shape index (κ2) is 6.60. The van der Waals surface area contributed by atoms with Crippen LogP contribution in [0.1, 0.15) is 48.1 Å². The highest BCUT2D eigenvalue weighted by Gasteiger charge is 2.59. The van der Waals surface area contributed by atoms with Gasteiger partial charge in [-0.1, -0.05) is 6.42 Å². The van der Waals surface area contributed by atoms with Gasteiger partial charge in [-0.3, -0.25) is 4.79 Å². The minimum atomic E-state index is -0.0767. The van der Waals surface area contributed by atoms with E-state index in [1.807, 2.05) is 6.92 Å². The van der Waals surface area contributed by atoms with Crippen molar-refractivity contribution in [1.82, 2.24) is 10.3 Å². The molecule has 21 heavy (non-hydrogen) atoms. The number of aromatic nitrogens is 1. The molecule has 3 N–H and O–H groups in total. The molecule has 2 aliphatic rings. The molecule has 1 aromatic heterocycles. The SMILES string of the molecule is CCOC1CC(NC(=O)c2csc(CN)n2)C12CCC2.Cl. The van der Waals surface area contributed by atoms with Gasteiger partial charge in [0.15, 0.2) is 0 Å². The van der Waals surface area contributed by atoms with E-state index in [0.29, 0.717) is 18.3 Å². The molecule has 2 atom stereocenters. The topological polar surface area (TPSA) is 77.2 Å². The highest BCUT2D eigenvalue weighted by Crippen LogP contribution is 2.57. The van der Waals surface area contributed by atoms with Gasteiger partial charge in [0.1, 0.15) is 10.7 Å². The molecular formula is C14H22ClN3O2S. The van der Waals surface area contributed by atoms with Crippen LogP contribution in [0.5, 0.6) is 0 Å². The van der Waals surface area contributed by atoms with Crippen LogP contribution in [0, 0.1) is 5.41 Å². The number of carbonyl (C=O) groups is 1. The molecule has 7 heteroatoms. The van der Waals surface area contributed by atoms with E-state index in [9.17, 15) is 4.79 Å². The molecule has 118 valence electrons. The van der Waals surface area contributed by atoms with Crippen LogP contribution in [0.25, 0.3) is 0 Å². The molecule has 2 saturated carbocycles. The summed E-state index contributed by atoms with van der Waals surface area (Å²) in [5, 5.41) is 5.72. The normalized spacial score (nSPS) is 25.6. The summed E-state index contributed by atoms with van der Waals surface area (Å²) in [4.78, 5) is 16.5. The van der Waals surface area contributed by atoms with Crippen molar-refractivity contribution < 1.29 is 9.53 Å². The first kappa shape index (κ1) is 16.7. The predicted molar refractivity (Wildman–Crippen MR) is 84.8 cm³/mol. The van der Waals surface area contributed by atoms with Crippen molar-refractivity contribution in [3.63, 3.8) is 0 Å². The van der Waals surface area contributed by atoms with Crippen LogP contribution < -0.4 is 11.1 Å². The minimum Gasteiger partial charge on any atom is -0.378 e. The Labute approximate surface area is 135 Å². The van der Waals surface area contributed by atoms with E-state index in [1.165, 1.54) is 17.8 Å². The van der Waals surface area contributed by atoms with Gasteiger partial charge in [0.05, 0.1) is 6.10 Å². The molecule has 1 spiro atoms. The zero-order valence-corrected chi connectivity index (χ0v) is 13.8. The number of amides is 1. The van der Waals surface area contributed by atoms with Crippen LogP contribution in [0.4, 0.5) is 0 Å². The average molecular weight is 332 g/mol. The summed E-state index contributed by atoms with van der Waals surface area (Å²) in [6.07, 6.45) is 4.81. The molecular weight excluding hydrogens is 310 g/mol. The molecule has 2 aliphatic carbocycles. The number of halogens is 1. The second-order valence-electron chi connectivity index (χ2n) is 5.62. The van der Waals surface area contributed by atoms with E-state index < -0.39 is 0 Å². The molecule has 0 aliphatic heterocycles. The molecule has 1 aromatic rings. The number of nitrogens with one attached hydrogen (secondary N) is 1.